The minimum absolute atomic E-state index is 0.690. The molecule has 118 valence electrons. The van der Waals surface area contributed by atoms with Gasteiger partial charge in [0.25, 0.3) is 0 Å². The molecular formula is C18H14ClN5. The van der Waals surface area contributed by atoms with Crippen LogP contribution in [0.1, 0.15) is 5.56 Å². The number of anilines is 1. The van der Waals surface area contributed by atoms with Crippen molar-refractivity contribution in [2.75, 3.05) is 5.32 Å². The summed E-state index contributed by atoms with van der Waals surface area (Å²) in [5.41, 5.74) is 2.85. The summed E-state index contributed by atoms with van der Waals surface area (Å²) in [5.74, 6) is 0.768. The van der Waals surface area contributed by atoms with Crippen molar-refractivity contribution >= 4 is 28.5 Å². The lowest BCUT2D eigenvalue weighted by atomic mass is 10.2. The lowest BCUT2D eigenvalue weighted by Gasteiger charge is -2.07. The first-order valence-corrected chi connectivity index (χ1v) is 7.91. The summed E-state index contributed by atoms with van der Waals surface area (Å²) in [6.45, 7) is 0.694. The molecule has 2 aromatic heterocycles. The van der Waals surface area contributed by atoms with Crippen LogP contribution in [0.15, 0.2) is 67.1 Å². The van der Waals surface area contributed by atoms with E-state index in [0.29, 0.717) is 11.6 Å². The van der Waals surface area contributed by atoms with E-state index in [4.69, 9.17) is 11.6 Å². The monoisotopic (exact) mass is 335 g/mol. The second kappa shape index (κ2) is 6.29. The van der Waals surface area contributed by atoms with Crippen LogP contribution in [0.4, 0.5) is 5.82 Å². The number of rotatable bonds is 4. The number of nitrogens with zero attached hydrogens (tertiary/aromatic N) is 4. The SMILES string of the molecule is Clc1ccc(-n2ncc3c(NCc4ccccc4)ncnc32)cc1. The Kier molecular flexibility index (Phi) is 3.84. The van der Waals surface area contributed by atoms with Crippen molar-refractivity contribution in [2.24, 2.45) is 0 Å². The Morgan fingerprint density at radius 3 is 2.54 bits per heavy atom. The van der Waals surface area contributed by atoms with Crippen LogP contribution in [0.25, 0.3) is 16.7 Å². The van der Waals surface area contributed by atoms with Crippen LogP contribution in [0.2, 0.25) is 5.02 Å². The molecule has 2 heterocycles. The van der Waals surface area contributed by atoms with Gasteiger partial charge in [0.1, 0.15) is 12.1 Å². The maximum atomic E-state index is 5.95. The molecule has 0 radical (unpaired) electrons. The third-order valence-corrected chi connectivity index (χ3v) is 3.99. The molecule has 0 unspecified atom stereocenters. The van der Waals surface area contributed by atoms with Crippen LogP contribution in [0, 0.1) is 0 Å². The molecule has 2 aromatic carbocycles. The highest BCUT2D eigenvalue weighted by Gasteiger charge is 2.11. The van der Waals surface area contributed by atoms with E-state index in [-0.39, 0.29) is 0 Å². The molecule has 0 aliphatic carbocycles. The molecule has 0 bridgehead atoms. The van der Waals surface area contributed by atoms with Gasteiger partial charge in [-0.25, -0.2) is 14.6 Å². The van der Waals surface area contributed by atoms with Gasteiger partial charge in [-0.2, -0.15) is 5.10 Å². The first-order chi connectivity index (χ1) is 11.8. The minimum Gasteiger partial charge on any atom is -0.365 e. The van der Waals surface area contributed by atoms with Gasteiger partial charge in [-0.1, -0.05) is 41.9 Å². The van der Waals surface area contributed by atoms with Crippen molar-refractivity contribution < 1.29 is 0 Å². The molecule has 4 aromatic rings. The fourth-order valence-corrected chi connectivity index (χ4v) is 2.66. The predicted octanol–water partition coefficient (Wildman–Crippen LogP) is 4.08. The van der Waals surface area contributed by atoms with E-state index in [1.807, 2.05) is 42.5 Å². The van der Waals surface area contributed by atoms with E-state index in [2.05, 4.69) is 32.5 Å². The molecular weight excluding hydrogens is 322 g/mol. The zero-order chi connectivity index (χ0) is 16.4. The van der Waals surface area contributed by atoms with Crippen LogP contribution in [0.3, 0.4) is 0 Å². The Morgan fingerprint density at radius 2 is 1.75 bits per heavy atom. The van der Waals surface area contributed by atoms with Gasteiger partial charge in [0, 0.05) is 11.6 Å². The van der Waals surface area contributed by atoms with E-state index in [0.717, 1.165) is 22.5 Å². The molecule has 4 rings (SSSR count). The van der Waals surface area contributed by atoms with E-state index in [9.17, 15) is 0 Å². The van der Waals surface area contributed by atoms with E-state index >= 15 is 0 Å². The Bertz CT molecular complexity index is 964. The van der Waals surface area contributed by atoms with Gasteiger partial charge in [-0.3, -0.25) is 0 Å². The average molecular weight is 336 g/mol. The standard InChI is InChI=1S/C18H14ClN5/c19-14-6-8-15(9-7-14)24-18-16(11-23-24)17(21-12-22-18)20-10-13-4-2-1-3-5-13/h1-9,11-12H,10H2,(H,20,21,22). The van der Waals surface area contributed by atoms with Gasteiger partial charge in [0.15, 0.2) is 5.65 Å². The van der Waals surface area contributed by atoms with Crippen molar-refractivity contribution in [3.63, 3.8) is 0 Å². The van der Waals surface area contributed by atoms with Crippen molar-refractivity contribution in [2.45, 2.75) is 6.54 Å². The Hall–Kier alpha value is -2.92. The molecule has 24 heavy (non-hydrogen) atoms. The summed E-state index contributed by atoms with van der Waals surface area (Å²) in [5, 5.41) is 9.36. The van der Waals surface area contributed by atoms with Crippen molar-refractivity contribution in [3.05, 3.63) is 77.7 Å². The third kappa shape index (κ3) is 2.81. The van der Waals surface area contributed by atoms with Gasteiger partial charge in [-0.05, 0) is 29.8 Å². The summed E-state index contributed by atoms with van der Waals surface area (Å²) in [6, 6.07) is 17.7. The zero-order valence-electron chi connectivity index (χ0n) is 12.7. The molecule has 0 spiro atoms. The van der Waals surface area contributed by atoms with Crippen molar-refractivity contribution in [1.82, 2.24) is 19.7 Å². The van der Waals surface area contributed by atoms with Crippen molar-refractivity contribution in [1.29, 1.82) is 0 Å². The molecule has 0 atom stereocenters. The average Bonchev–Trinajstić information content (AvgIpc) is 3.06. The number of hydrogen-bond acceptors (Lipinski definition) is 4. The van der Waals surface area contributed by atoms with Crippen LogP contribution in [-0.4, -0.2) is 19.7 Å². The van der Waals surface area contributed by atoms with E-state index in [1.165, 1.54) is 5.56 Å². The first kappa shape index (κ1) is 14.7. The second-order valence-electron chi connectivity index (χ2n) is 5.33. The Balaban J connectivity index is 1.67. The number of hydrogen-bond donors (Lipinski definition) is 1. The van der Waals surface area contributed by atoms with E-state index in [1.54, 1.807) is 17.2 Å². The van der Waals surface area contributed by atoms with Gasteiger partial charge < -0.3 is 5.32 Å². The molecule has 0 fully saturated rings. The number of halogens is 1. The Morgan fingerprint density at radius 1 is 0.958 bits per heavy atom. The zero-order valence-corrected chi connectivity index (χ0v) is 13.5. The van der Waals surface area contributed by atoms with Gasteiger partial charge in [0.05, 0.1) is 17.3 Å². The molecule has 5 nitrogen and oxygen atoms in total. The summed E-state index contributed by atoms with van der Waals surface area (Å²) < 4.78 is 1.78. The topological polar surface area (TPSA) is 55.6 Å². The maximum Gasteiger partial charge on any atom is 0.168 e. The van der Waals surface area contributed by atoms with Gasteiger partial charge in [-0.15, -0.1) is 0 Å². The first-order valence-electron chi connectivity index (χ1n) is 7.54. The summed E-state index contributed by atoms with van der Waals surface area (Å²) in [7, 11) is 0. The highest BCUT2D eigenvalue weighted by atomic mass is 35.5. The fraction of sp³-hybridized carbons (Fsp3) is 0.0556. The van der Waals surface area contributed by atoms with Crippen LogP contribution in [0.5, 0.6) is 0 Å². The van der Waals surface area contributed by atoms with Gasteiger partial charge >= 0.3 is 0 Å². The van der Waals surface area contributed by atoms with Crippen LogP contribution in [-0.2, 0) is 6.54 Å². The largest absolute Gasteiger partial charge is 0.365 e. The molecule has 6 heteroatoms. The highest BCUT2D eigenvalue weighted by Crippen LogP contribution is 2.22. The van der Waals surface area contributed by atoms with Gasteiger partial charge in [0.2, 0.25) is 0 Å². The summed E-state index contributed by atoms with van der Waals surface area (Å²) in [4.78, 5) is 8.72. The minimum atomic E-state index is 0.690. The molecule has 1 N–H and O–H groups in total. The number of aromatic nitrogens is 4. The van der Waals surface area contributed by atoms with Crippen LogP contribution < -0.4 is 5.32 Å². The second-order valence-corrected chi connectivity index (χ2v) is 5.77. The molecule has 0 aliphatic heterocycles. The molecule has 0 amide bonds. The summed E-state index contributed by atoms with van der Waals surface area (Å²) in [6.07, 6.45) is 3.32. The lowest BCUT2D eigenvalue weighted by molar-refractivity contribution is 0.895. The summed E-state index contributed by atoms with van der Waals surface area (Å²) >= 11 is 5.95. The lowest BCUT2D eigenvalue weighted by Crippen LogP contribution is -2.03. The fourth-order valence-electron chi connectivity index (χ4n) is 2.54. The Labute approximate surface area is 143 Å². The molecule has 0 saturated carbocycles. The number of fused-ring (bicyclic) bond motifs is 1. The van der Waals surface area contributed by atoms with Crippen LogP contribution >= 0.6 is 11.6 Å². The van der Waals surface area contributed by atoms with E-state index < -0.39 is 0 Å². The molecule has 0 saturated heterocycles. The highest BCUT2D eigenvalue weighted by molar-refractivity contribution is 6.30. The third-order valence-electron chi connectivity index (χ3n) is 3.74. The number of nitrogens with one attached hydrogen (secondary N) is 1. The maximum absolute atomic E-state index is 5.95. The normalized spacial score (nSPS) is 10.9. The number of benzene rings is 2. The van der Waals surface area contributed by atoms with Crippen molar-refractivity contribution in [3.8, 4) is 5.69 Å². The predicted molar refractivity (Wildman–Crippen MR) is 95.4 cm³/mol. The quantitative estimate of drug-likeness (QED) is 0.610. The molecule has 0 aliphatic rings. The smallest absolute Gasteiger partial charge is 0.168 e.